The van der Waals surface area contributed by atoms with Crippen molar-refractivity contribution in [3.05, 3.63) is 35.9 Å². The topological polar surface area (TPSA) is 78.9 Å². The number of carbonyl (C=O) groups excluding carboxylic acids is 1. The molecular formula is C13H17N3O. The summed E-state index contributed by atoms with van der Waals surface area (Å²) in [7, 11) is 0. The minimum absolute atomic E-state index is 0.122. The fourth-order valence-electron chi connectivity index (χ4n) is 1.40. The van der Waals surface area contributed by atoms with Gasteiger partial charge in [-0.25, -0.2) is 0 Å². The van der Waals surface area contributed by atoms with Crippen molar-refractivity contribution in [2.24, 2.45) is 11.7 Å². The van der Waals surface area contributed by atoms with Crippen molar-refractivity contribution in [1.82, 2.24) is 5.32 Å². The summed E-state index contributed by atoms with van der Waals surface area (Å²) in [5.74, 6) is -0.296. The van der Waals surface area contributed by atoms with Gasteiger partial charge in [-0.1, -0.05) is 30.3 Å². The first-order valence-electron chi connectivity index (χ1n) is 5.60. The second-order valence-corrected chi connectivity index (χ2v) is 4.06. The molecule has 1 amide bonds. The number of hydrogen-bond acceptors (Lipinski definition) is 3. The number of amides is 1. The molecule has 1 rings (SSSR count). The van der Waals surface area contributed by atoms with Gasteiger partial charge in [0.15, 0.2) is 0 Å². The Morgan fingerprint density at radius 2 is 2.12 bits per heavy atom. The monoisotopic (exact) mass is 231 g/mol. The van der Waals surface area contributed by atoms with Crippen molar-refractivity contribution in [3.8, 4) is 6.07 Å². The van der Waals surface area contributed by atoms with Gasteiger partial charge in [0.25, 0.3) is 0 Å². The molecule has 3 N–H and O–H groups in total. The molecule has 0 saturated carbocycles. The Morgan fingerprint density at radius 1 is 1.47 bits per heavy atom. The van der Waals surface area contributed by atoms with E-state index in [0.29, 0.717) is 6.54 Å². The number of nitriles is 1. The zero-order valence-electron chi connectivity index (χ0n) is 9.89. The highest BCUT2D eigenvalue weighted by molar-refractivity contribution is 5.76. The number of nitrogens with one attached hydrogen (secondary N) is 1. The molecule has 17 heavy (non-hydrogen) atoms. The lowest BCUT2D eigenvalue weighted by atomic mass is 10.0. The minimum Gasteiger partial charge on any atom is -0.355 e. The fourth-order valence-corrected chi connectivity index (χ4v) is 1.40. The van der Waals surface area contributed by atoms with Crippen LogP contribution in [0.4, 0.5) is 0 Å². The Morgan fingerprint density at radius 3 is 2.71 bits per heavy atom. The molecule has 0 aromatic heterocycles. The quantitative estimate of drug-likeness (QED) is 0.802. The van der Waals surface area contributed by atoms with E-state index in [-0.39, 0.29) is 24.3 Å². The highest BCUT2D eigenvalue weighted by Gasteiger charge is 2.11. The maximum atomic E-state index is 11.5. The summed E-state index contributed by atoms with van der Waals surface area (Å²) >= 11 is 0. The molecule has 0 aliphatic rings. The van der Waals surface area contributed by atoms with E-state index >= 15 is 0 Å². The van der Waals surface area contributed by atoms with Gasteiger partial charge in [-0.15, -0.1) is 0 Å². The normalized spacial score (nSPS) is 13.5. The predicted molar refractivity (Wildman–Crippen MR) is 65.8 cm³/mol. The smallest absolute Gasteiger partial charge is 0.221 e. The first kappa shape index (κ1) is 13.2. The van der Waals surface area contributed by atoms with Gasteiger partial charge in [0.2, 0.25) is 5.91 Å². The van der Waals surface area contributed by atoms with Crippen LogP contribution >= 0.6 is 0 Å². The Hall–Kier alpha value is -1.86. The molecule has 4 nitrogen and oxygen atoms in total. The summed E-state index contributed by atoms with van der Waals surface area (Å²) in [6, 6.07) is 11.3. The number of nitrogens with zero attached hydrogens (tertiary/aromatic N) is 1. The van der Waals surface area contributed by atoms with Crippen molar-refractivity contribution in [3.63, 3.8) is 0 Å². The molecule has 0 aliphatic heterocycles. The Bertz CT molecular complexity index is 397. The number of nitrogens with two attached hydrogens (primary N) is 1. The van der Waals surface area contributed by atoms with Crippen molar-refractivity contribution in [1.29, 1.82) is 5.26 Å². The molecule has 0 fully saturated rings. The number of hydrogen-bond donors (Lipinski definition) is 2. The Labute approximate surface area is 101 Å². The van der Waals surface area contributed by atoms with E-state index in [1.54, 1.807) is 6.92 Å². The van der Waals surface area contributed by atoms with Crippen LogP contribution in [0.15, 0.2) is 30.3 Å². The van der Waals surface area contributed by atoms with Crippen LogP contribution in [0.2, 0.25) is 0 Å². The Balaban J connectivity index is 2.39. The van der Waals surface area contributed by atoms with Gasteiger partial charge >= 0.3 is 0 Å². The predicted octanol–water partition coefficient (Wildman–Crippen LogP) is 1.35. The van der Waals surface area contributed by atoms with Gasteiger partial charge in [0.05, 0.1) is 12.0 Å². The van der Waals surface area contributed by atoms with E-state index in [4.69, 9.17) is 11.0 Å². The van der Waals surface area contributed by atoms with Crippen LogP contribution in [0.1, 0.15) is 24.9 Å². The van der Waals surface area contributed by atoms with Gasteiger partial charge in [0, 0.05) is 19.0 Å². The third kappa shape index (κ3) is 4.66. The van der Waals surface area contributed by atoms with Crippen LogP contribution in [0.25, 0.3) is 0 Å². The van der Waals surface area contributed by atoms with E-state index < -0.39 is 0 Å². The maximum absolute atomic E-state index is 11.5. The Kier molecular flexibility index (Phi) is 5.18. The molecule has 0 saturated heterocycles. The lowest BCUT2D eigenvalue weighted by Crippen LogP contribution is -2.30. The lowest BCUT2D eigenvalue weighted by Gasteiger charge is -2.12. The van der Waals surface area contributed by atoms with Gasteiger partial charge in [-0.2, -0.15) is 5.26 Å². The maximum Gasteiger partial charge on any atom is 0.221 e. The largest absolute Gasteiger partial charge is 0.355 e. The van der Waals surface area contributed by atoms with E-state index in [1.807, 2.05) is 30.3 Å². The molecule has 0 aliphatic carbocycles. The molecule has 1 aromatic carbocycles. The van der Waals surface area contributed by atoms with Crippen LogP contribution in [0, 0.1) is 17.2 Å². The first-order valence-corrected chi connectivity index (χ1v) is 5.60. The number of carbonyl (C=O) groups is 1. The molecule has 2 unspecified atom stereocenters. The zero-order chi connectivity index (χ0) is 12.7. The molecule has 0 radical (unpaired) electrons. The van der Waals surface area contributed by atoms with E-state index in [0.717, 1.165) is 5.56 Å². The standard InChI is InChI=1S/C13H17N3O/c1-10(8-14)9-16-13(17)7-12(15)11-5-3-2-4-6-11/h2-6,10,12H,7,9,15H2,1H3,(H,16,17). The summed E-state index contributed by atoms with van der Waals surface area (Å²) < 4.78 is 0. The molecule has 4 heteroatoms. The summed E-state index contributed by atoms with van der Waals surface area (Å²) in [5.41, 5.74) is 6.85. The van der Waals surface area contributed by atoms with Crippen molar-refractivity contribution in [2.75, 3.05) is 6.54 Å². The third-order valence-electron chi connectivity index (χ3n) is 2.46. The highest BCUT2D eigenvalue weighted by atomic mass is 16.1. The average molecular weight is 231 g/mol. The minimum atomic E-state index is -0.298. The van der Waals surface area contributed by atoms with E-state index in [2.05, 4.69) is 11.4 Å². The number of benzene rings is 1. The summed E-state index contributed by atoms with van der Waals surface area (Å²) in [6.07, 6.45) is 0.238. The number of rotatable bonds is 5. The SMILES string of the molecule is CC(C#N)CNC(=O)CC(N)c1ccccc1. The van der Waals surface area contributed by atoms with Gasteiger partial charge < -0.3 is 11.1 Å². The first-order chi connectivity index (χ1) is 8.13. The molecule has 0 bridgehead atoms. The lowest BCUT2D eigenvalue weighted by molar-refractivity contribution is -0.121. The van der Waals surface area contributed by atoms with E-state index in [9.17, 15) is 4.79 Å². The second kappa shape index (κ2) is 6.66. The van der Waals surface area contributed by atoms with E-state index in [1.165, 1.54) is 0 Å². The summed E-state index contributed by atoms with van der Waals surface area (Å²) in [5, 5.41) is 11.3. The van der Waals surface area contributed by atoms with Gasteiger partial charge in [0.1, 0.15) is 0 Å². The molecule has 90 valence electrons. The molecular weight excluding hydrogens is 214 g/mol. The third-order valence-corrected chi connectivity index (χ3v) is 2.46. The van der Waals surface area contributed by atoms with Gasteiger partial charge in [-0.05, 0) is 12.5 Å². The van der Waals surface area contributed by atoms with Gasteiger partial charge in [-0.3, -0.25) is 4.79 Å². The van der Waals surface area contributed by atoms with Crippen LogP contribution in [-0.4, -0.2) is 12.5 Å². The summed E-state index contributed by atoms with van der Waals surface area (Å²) in [4.78, 5) is 11.5. The van der Waals surface area contributed by atoms with Crippen molar-refractivity contribution < 1.29 is 4.79 Å². The summed E-state index contributed by atoms with van der Waals surface area (Å²) in [6.45, 7) is 2.13. The van der Waals surface area contributed by atoms with Crippen molar-refractivity contribution >= 4 is 5.91 Å². The van der Waals surface area contributed by atoms with Crippen LogP contribution < -0.4 is 11.1 Å². The fraction of sp³-hybridized carbons (Fsp3) is 0.385. The average Bonchev–Trinajstić information content (AvgIpc) is 2.36. The van der Waals surface area contributed by atoms with Crippen LogP contribution in [-0.2, 0) is 4.79 Å². The molecule has 1 aromatic rings. The molecule has 0 heterocycles. The highest BCUT2D eigenvalue weighted by Crippen LogP contribution is 2.12. The molecule has 2 atom stereocenters. The van der Waals surface area contributed by atoms with Crippen LogP contribution in [0.5, 0.6) is 0 Å². The van der Waals surface area contributed by atoms with Crippen molar-refractivity contribution in [2.45, 2.75) is 19.4 Å². The second-order valence-electron chi connectivity index (χ2n) is 4.06. The van der Waals surface area contributed by atoms with Crippen LogP contribution in [0.3, 0.4) is 0 Å². The molecule has 0 spiro atoms. The zero-order valence-corrected chi connectivity index (χ0v) is 9.89.